The number of rotatable bonds is 1. The molecular weight excluding hydrogens is 206 g/mol. The van der Waals surface area contributed by atoms with Crippen molar-refractivity contribution < 1.29 is 5.11 Å². The van der Waals surface area contributed by atoms with Crippen LogP contribution in [0.2, 0.25) is 0 Å². The van der Waals surface area contributed by atoms with E-state index in [1.807, 2.05) is 12.1 Å². The summed E-state index contributed by atoms with van der Waals surface area (Å²) in [5, 5.41) is 17.7. The molecule has 0 spiro atoms. The van der Waals surface area contributed by atoms with Gasteiger partial charge < -0.3 is 10.1 Å². The molecular formula is C11H9N3O2. The summed E-state index contributed by atoms with van der Waals surface area (Å²) in [6.45, 7) is 0. The minimum Gasteiger partial charge on any atom is -0.502 e. The van der Waals surface area contributed by atoms with Gasteiger partial charge >= 0.3 is 0 Å². The van der Waals surface area contributed by atoms with Gasteiger partial charge in [0.15, 0.2) is 5.75 Å². The number of aromatic amines is 1. The Labute approximate surface area is 91.4 Å². The maximum Gasteiger partial charge on any atom is 0.293 e. The second-order valence-electron chi connectivity index (χ2n) is 3.46. The molecule has 1 aromatic rings. The Kier molecular flexibility index (Phi) is 2.56. The average Bonchev–Trinajstić information content (AvgIpc) is 2.33. The fraction of sp³-hybridized carbons (Fsp3) is 0.182. The molecule has 0 fully saturated rings. The second-order valence-corrected chi connectivity index (χ2v) is 3.46. The first-order chi connectivity index (χ1) is 7.70. The van der Waals surface area contributed by atoms with Gasteiger partial charge in [-0.2, -0.15) is 5.26 Å². The number of hydrogen-bond acceptors (Lipinski definition) is 4. The van der Waals surface area contributed by atoms with Crippen molar-refractivity contribution in [3.63, 3.8) is 0 Å². The van der Waals surface area contributed by atoms with Gasteiger partial charge in [-0.25, -0.2) is 4.98 Å². The highest BCUT2D eigenvalue weighted by Gasteiger charge is 2.13. The van der Waals surface area contributed by atoms with E-state index >= 15 is 0 Å². The average molecular weight is 215 g/mol. The standard InChI is InChI=1S/C11H9N3O2/c12-5-7-1-3-8(4-2-7)10-13-6-9(15)11(16)14-10/h1-3,6,8,15H,4H2,(H,13,14,16)/t8-/m0/s1. The van der Waals surface area contributed by atoms with Crippen molar-refractivity contribution in [3.8, 4) is 11.8 Å². The van der Waals surface area contributed by atoms with Crippen molar-refractivity contribution in [2.45, 2.75) is 12.3 Å². The molecule has 0 saturated heterocycles. The van der Waals surface area contributed by atoms with Gasteiger partial charge in [-0.3, -0.25) is 4.79 Å². The van der Waals surface area contributed by atoms with Gasteiger partial charge in [-0.05, 0) is 12.5 Å². The lowest BCUT2D eigenvalue weighted by Crippen LogP contribution is -2.13. The zero-order valence-corrected chi connectivity index (χ0v) is 8.34. The van der Waals surface area contributed by atoms with E-state index in [4.69, 9.17) is 10.4 Å². The number of aromatic hydroxyl groups is 1. The van der Waals surface area contributed by atoms with E-state index in [0.717, 1.165) is 6.20 Å². The fourth-order valence-corrected chi connectivity index (χ4v) is 1.50. The Bertz CT molecular complexity index is 563. The lowest BCUT2D eigenvalue weighted by Gasteiger charge is -2.12. The summed E-state index contributed by atoms with van der Waals surface area (Å²) in [5.41, 5.74) is 0.0610. The van der Waals surface area contributed by atoms with Crippen LogP contribution in [-0.4, -0.2) is 15.1 Å². The van der Waals surface area contributed by atoms with E-state index in [0.29, 0.717) is 17.8 Å². The number of H-pyrrole nitrogens is 1. The molecule has 80 valence electrons. The number of nitriles is 1. The quantitative estimate of drug-likeness (QED) is 0.730. The Morgan fingerprint density at radius 1 is 1.62 bits per heavy atom. The summed E-state index contributed by atoms with van der Waals surface area (Å²) < 4.78 is 0. The van der Waals surface area contributed by atoms with Gasteiger partial charge in [-0.15, -0.1) is 0 Å². The third-order valence-corrected chi connectivity index (χ3v) is 2.38. The van der Waals surface area contributed by atoms with Crippen LogP contribution >= 0.6 is 0 Å². The van der Waals surface area contributed by atoms with Crippen LogP contribution in [0.25, 0.3) is 0 Å². The molecule has 1 aromatic heterocycles. The number of allylic oxidation sites excluding steroid dienone is 4. The number of nitrogens with zero attached hydrogens (tertiary/aromatic N) is 2. The lowest BCUT2D eigenvalue weighted by atomic mass is 9.96. The molecule has 0 saturated carbocycles. The molecule has 0 amide bonds. The molecule has 0 unspecified atom stereocenters. The highest BCUT2D eigenvalue weighted by molar-refractivity contribution is 5.37. The van der Waals surface area contributed by atoms with Crippen molar-refractivity contribution in [2.24, 2.45) is 0 Å². The van der Waals surface area contributed by atoms with Crippen LogP contribution in [0.3, 0.4) is 0 Å². The van der Waals surface area contributed by atoms with Crippen LogP contribution in [0.15, 0.2) is 34.8 Å². The number of hydrogen-bond donors (Lipinski definition) is 2. The van der Waals surface area contributed by atoms with Gasteiger partial charge in [-0.1, -0.05) is 12.2 Å². The highest BCUT2D eigenvalue weighted by atomic mass is 16.3. The van der Waals surface area contributed by atoms with Crippen LogP contribution in [0.4, 0.5) is 0 Å². The molecule has 1 heterocycles. The minimum atomic E-state index is -0.548. The van der Waals surface area contributed by atoms with Gasteiger partial charge in [0.05, 0.1) is 12.3 Å². The van der Waals surface area contributed by atoms with Gasteiger partial charge in [0.25, 0.3) is 5.56 Å². The zero-order valence-electron chi connectivity index (χ0n) is 8.34. The van der Waals surface area contributed by atoms with Crippen molar-refractivity contribution >= 4 is 0 Å². The summed E-state index contributed by atoms with van der Waals surface area (Å²) in [6.07, 6.45) is 7.05. The minimum absolute atomic E-state index is 0.0506. The molecule has 1 aliphatic rings. The molecule has 0 radical (unpaired) electrons. The molecule has 1 atom stereocenters. The first-order valence-electron chi connectivity index (χ1n) is 4.77. The van der Waals surface area contributed by atoms with Crippen molar-refractivity contribution in [3.05, 3.63) is 46.2 Å². The summed E-state index contributed by atoms with van der Waals surface area (Å²) in [5.74, 6) is 0.0504. The van der Waals surface area contributed by atoms with Crippen LogP contribution in [-0.2, 0) is 0 Å². The van der Waals surface area contributed by atoms with Crippen LogP contribution in [0.5, 0.6) is 5.75 Å². The molecule has 2 N–H and O–H groups in total. The Hall–Kier alpha value is -2.35. The van der Waals surface area contributed by atoms with Gasteiger partial charge in [0.1, 0.15) is 5.82 Å². The van der Waals surface area contributed by atoms with Crippen molar-refractivity contribution in [1.82, 2.24) is 9.97 Å². The topological polar surface area (TPSA) is 89.8 Å². The lowest BCUT2D eigenvalue weighted by molar-refractivity contribution is 0.461. The SMILES string of the molecule is N#CC1=CC[C@@H](c2ncc(O)c(=O)[nH]2)C=C1. The monoisotopic (exact) mass is 215 g/mol. The first-order valence-corrected chi connectivity index (χ1v) is 4.77. The maximum absolute atomic E-state index is 11.2. The van der Waals surface area contributed by atoms with E-state index in [-0.39, 0.29) is 5.92 Å². The zero-order chi connectivity index (χ0) is 11.5. The smallest absolute Gasteiger partial charge is 0.293 e. The summed E-state index contributed by atoms with van der Waals surface area (Å²) in [6, 6.07) is 2.04. The van der Waals surface area contributed by atoms with Crippen LogP contribution in [0, 0.1) is 11.3 Å². The summed E-state index contributed by atoms with van der Waals surface area (Å²) in [4.78, 5) is 17.6. The molecule has 5 nitrogen and oxygen atoms in total. The Morgan fingerprint density at radius 2 is 2.44 bits per heavy atom. The van der Waals surface area contributed by atoms with Crippen molar-refractivity contribution in [2.75, 3.05) is 0 Å². The highest BCUT2D eigenvalue weighted by Crippen LogP contribution is 2.23. The van der Waals surface area contributed by atoms with Gasteiger partial charge in [0.2, 0.25) is 0 Å². The van der Waals surface area contributed by atoms with E-state index in [1.165, 1.54) is 0 Å². The first kappa shape index (κ1) is 10.2. The molecule has 2 rings (SSSR count). The predicted molar refractivity (Wildman–Crippen MR) is 56.7 cm³/mol. The Morgan fingerprint density at radius 3 is 3.00 bits per heavy atom. The number of nitrogens with one attached hydrogen (secondary N) is 1. The molecule has 0 aromatic carbocycles. The van der Waals surface area contributed by atoms with E-state index in [1.54, 1.807) is 12.2 Å². The van der Waals surface area contributed by atoms with Gasteiger partial charge in [0, 0.05) is 11.5 Å². The Balaban J connectivity index is 2.26. The molecule has 0 bridgehead atoms. The third-order valence-electron chi connectivity index (χ3n) is 2.38. The number of aromatic nitrogens is 2. The van der Waals surface area contributed by atoms with E-state index in [9.17, 15) is 4.79 Å². The fourth-order valence-electron chi connectivity index (χ4n) is 1.50. The van der Waals surface area contributed by atoms with E-state index < -0.39 is 11.3 Å². The summed E-state index contributed by atoms with van der Waals surface area (Å²) in [7, 11) is 0. The molecule has 5 heteroatoms. The predicted octanol–water partition coefficient (Wildman–Crippen LogP) is 0.969. The summed E-state index contributed by atoms with van der Waals surface area (Å²) >= 11 is 0. The molecule has 16 heavy (non-hydrogen) atoms. The van der Waals surface area contributed by atoms with E-state index in [2.05, 4.69) is 9.97 Å². The normalized spacial score (nSPS) is 18.9. The van der Waals surface area contributed by atoms with Crippen molar-refractivity contribution in [1.29, 1.82) is 5.26 Å². The largest absolute Gasteiger partial charge is 0.502 e. The second kappa shape index (κ2) is 4.03. The van der Waals surface area contributed by atoms with Crippen LogP contribution < -0.4 is 5.56 Å². The molecule has 0 aliphatic heterocycles. The third kappa shape index (κ3) is 1.86. The molecule has 1 aliphatic carbocycles. The maximum atomic E-state index is 11.2. The van der Waals surface area contributed by atoms with Crippen LogP contribution in [0.1, 0.15) is 18.2 Å².